The maximum Gasteiger partial charge on any atom is 0.157 e. The van der Waals surface area contributed by atoms with Crippen LogP contribution in [0.1, 0.15) is 19.4 Å². The highest BCUT2D eigenvalue weighted by Crippen LogP contribution is 2.36. The lowest BCUT2D eigenvalue weighted by Crippen LogP contribution is -2.39. The van der Waals surface area contributed by atoms with Crippen LogP contribution in [0.4, 0.5) is 11.5 Å². The number of aromatic nitrogens is 3. The molecule has 0 fully saturated rings. The van der Waals surface area contributed by atoms with Crippen molar-refractivity contribution in [3.8, 4) is 0 Å². The Labute approximate surface area is 118 Å². The van der Waals surface area contributed by atoms with Gasteiger partial charge in [0.2, 0.25) is 0 Å². The summed E-state index contributed by atoms with van der Waals surface area (Å²) < 4.78 is 1.82. The SMILES string of the molecule is CC.Cn1cc2c(n1)NC1NN(c3cccnc3)C=C21. The van der Waals surface area contributed by atoms with Crippen molar-refractivity contribution in [1.82, 2.24) is 20.2 Å². The summed E-state index contributed by atoms with van der Waals surface area (Å²) in [7, 11) is 1.93. The van der Waals surface area contributed by atoms with E-state index >= 15 is 0 Å². The minimum Gasteiger partial charge on any atom is -0.347 e. The van der Waals surface area contributed by atoms with Gasteiger partial charge < -0.3 is 5.32 Å². The molecule has 0 amide bonds. The predicted octanol–water partition coefficient (Wildman–Crippen LogP) is 1.96. The van der Waals surface area contributed by atoms with Crippen LogP contribution in [0.2, 0.25) is 0 Å². The topological polar surface area (TPSA) is 58.0 Å². The van der Waals surface area contributed by atoms with Crippen molar-refractivity contribution in [1.29, 1.82) is 0 Å². The Bertz CT molecular complexity index is 630. The van der Waals surface area contributed by atoms with Crippen molar-refractivity contribution in [2.75, 3.05) is 10.3 Å². The van der Waals surface area contributed by atoms with Crippen LogP contribution in [0.3, 0.4) is 0 Å². The zero-order chi connectivity index (χ0) is 14.1. The summed E-state index contributed by atoms with van der Waals surface area (Å²) in [6.45, 7) is 4.00. The number of nitrogens with zero attached hydrogens (tertiary/aromatic N) is 4. The van der Waals surface area contributed by atoms with E-state index < -0.39 is 0 Å². The van der Waals surface area contributed by atoms with Gasteiger partial charge >= 0.3 is 0 Å². The third-order valence-electron chi connectivity index (χ3n) is 3.19. The Balaban J connectivity index is 0.000000581. The third kappa shape index (κ3) is 1.94. The number of nitrogens with one attached hydrogen (secondary N) is 2. The molecule has 0 aliphatic carbocycles. The number of anilines is 2. The van der Waals surface area contributed by atoms with Crippen molar-refractivity contribution >= 4 is 17.1 Å². The molecule has 0 aromatic carbocycles. The van der Waals surface area contributed by atoms with E-state index in [4.69, 9.17) is 0 Å². The second kappa shape index (κ2) is 4.97. The van der Waals surface area contributed by atoms with Gasteiger partial charge in [-0.25, -0.2) is 5.43 Å². The highest BCUT2D eigenvalue weighted by Gasteiger charge is 2.34. The van der Waals surface area contributed by atoms with Crippen LogP contribution in [0.15, 0.2) is 36.9 Å². The summed E-state index contributed by atoms with van der Waals surface area (Å²) in [4.78, 5) is 4.12. The van der Waals surface area contributed by atoms with Crippen molar-refractivity contribution in [3.05, 3.63) is 42.5 Å². The molecule has 0 radical (unpaired) electrons. The van der Waals surface area contributed by atoms with Crippen molar-refractivity contribution in [2.24, 2.45) is 7.05 Å². The van der Waals surface area contributed by atoms with Gasteiger partial charge in [0.05, 0.1) is 11.9 Å². The van der Waals surface area contributed by atoms with Gasteiger partial charge in [-0.05, 0) is 12.1 Å². The molecule has 2 N–H and O–H groups in total. The fraction of sp³-hybridized carbons (Fsp3) is 0.286. The molecule has 0 saturated heterocycles. The fourth-order valence-corrected chi connectivity index (χ4v) is 2.38. The number of aryl methyl sites for hydroxylation is 1. The standard InChI is InChI=1S/C12H12N6.C2H6/c1-17-6-9-10-7-18(8-3-2-4-13-5-8)16-12(10)14-11(9)15-17;1-2/h2-7,12,16H,1H3,(H,14,15);1-2H3. The first-order valence-electron chi connectivity index (χ1n) is 6.79. The Hall–Kier alpha value is -2.34. The highest BCUT2D eigenvalue weighted by atomic mass is 15.6. The van der Waals surface area contributed by atoms with Gasteiger partial charge in [-0.3, -0.25) is 14.7 Å². The Morgan fingerprint density at radius 1 is 1.30 bits per heavy atom. The van der Waals surface area contributed by atoms with Gasteiger partial charge in [-0.2, -0.15) is 5.10 Å². The van der Waals surface area contributed by atoms with Crippen LogP contribution in [0.25, 0.3) is 5.57 Å². The predicted molar refractivity (Wildman–Crippen MR) is 79.8 cm³/mol. The lowest BCUT2D eigenvalue weighted by molar-refractivity contribution is 0.696. The van der Waals surface area contributed by atoms with Crippen molar-refractivity contribution in [3.63, 3.8) is 0 Å². The summed E-state index contributed by atoms with van der Waals surface area (Å²) in [6.07, 6.45) is 7.81. The fourth-order valence-electron chi connectivity index (χ4n) is 2.38. The molecule has 2 aliphatic heterocycles. The average Bonchev–Trinajstić information content (AvgIpc) is 3.12. The number of hydrogen-bond donors (Lipinski definition) is 2. The van der Waals surface area contributed by atoms with E-state index in [0.29, 0.717) is 0 Å². The first kappa shape index (κ1) is 12.7. The molecular formula is C14H18N6. The maximum atomic E-state index is 4.37. The second-order valence-electron chi connectivity index (χ2n) is 4.44. The van der Waals surface area contributed by atoms with Gasteiger partial charge in [0, 0.05) is 36.8 Å². The summed E-state index contributed by atoms with van der Waals surface area (Å²) in [5, 5.41) is 9.69. The molecule has 4 heterocycles. The lowest BCUT2D eigenvalue weighted by Gasteiger charge is -2.18. The van der Waals surface area contributed by atoms with Crippen LogP contribution < -0.4 is 15.8 Å². The monoisotopic (exact) mass is 270 g/mol. The van der Waals surface area contributed by atoms with Gasteiger partial charge in [0.25, 0.3) is 0 Å². The molecule has 104 valence electrons. The highest BCUT2D eigenvalue weighted by molar-refractivity contribution is 5.87. The molecule has 2 aromatic rings. The van der Waals surface area contributed by atoms with E-state index in [2.05, 4.69) is 27.0 Å². The number of hydrogen-bond acceptors (Lipinski definition) is 5. The van der Waals surface area contributed by atoms with Crippen LogP contribution in [-0.2, 0) is 7.05 Å². The summed E-state index contributed by atoms with van der Waals surface area (Å²) in [6, 6.07) is 3.94. The van der Waals surface area contributed by atoms with Gasteiger partial charge in [0.15, 0.2) is 5.82 Å². The van der Waals surface area contributed by atoms with E-state index in [9.17, 15) is 0 Å². The van der Waals surface area contributed by atoms with Gasteiger partial charge in [-0.1, -0.05) is 13.8 Å². The Morgan fingerprint density at radius 3 is 2.90 bits per heavy atom. The Kier molecular flexibility index (Phi) is 3.15. The normalized spacial score (nSPS) is 18.6. The molecule has 0 saturated carbocycles. The van der Waals surface area contributed by atoms with E-state index in [1.807, 2.05) is 55.1 Å². The molecule has 0 bridgehead atoms. The van der Waals surface area contributed by atoms with Crippen LogP contribution in [0.5, 0.6) is 0 Å². The van der Waals surface area contributed by atoms with Gasteiger partial charge in [-0.15, -0.1) is 0 Å². The van der Waals surface area contributed by atoms with Crippen LogP contribution in [-0.4, -0.2) is 20.9 Å². The molecule has 6 heteroatoms. The zero-order valence-electron chi connectivity index (χ0n) is 11.8. The Morgan fingerprint density at radius 2 is 2.15 bits per heavy atom. The minimum atomic E-state index is 0.101. The maximum absolute atomic E-state index is 4.37. The van der Waals surface area contributed by atoms with E-state index in [0.717, 1.165) is 17.1 Å². The summed E-state index contributed by atoms with van der Waals surface area (Å²) >= 11 is 0. The molecular weight excluding hydrogens is 252 g/mol. The summed E-state index contributed by atoms with van der Waals surface area (Å²) in [5.41, 5.74) is 6.75. The first-order chi connectivity index (χ1) is 9.81. The minimum absolute atomic E-state index is 0.101. The molecule has 2 aromatic heterocycles. The van der Waals surface area contributed by atoms with Crippen molar-refractivity contribution in [2.45, 2.75) is 20.0 Å². The second-order valence-corrected chi connectivity index (χ2v) is 4.44. The smallest absolute Gasteiger partial charge is 0.157 e. The van der Waals surface area contributed by atoms with Crippen LogP contribution >= 0.6 is 0 Å². The number of hydrazine groups is 1. The van der Waals surface area contributed by atoms with E-state index in [1.54, 1.807) is 6.20 Å². The number of fused-ring (bicyclic) bond motifs is 3. The van der Waals surface area contributed by atoms with Crippen molar-refractivity contribution < 1.29 is 0 Å². The molecule has 4 rings (SSSR count). The average molecular weight is 270 g/mol. The van der Waals surface area contributed by atoms with E-state index in [1.165, 1.54) is 5.57 Å². The molecule has 2 aliphatic rings. The van der Waals surface area contributed by atoms with E-state index in [-0.39, 0.29) is 6.17 Å². The quantitative estimate of drug-likeness (QED) is 0.829. The van der Waals surface area contributed by atoms with Gasteiger partial charge in [0.1, 0.15) is 6.17 Å². The number of rotatable bonds is 1. The molecule has 0 spiro atoms. The first-order valence-corrected chi connectivity index (χ1v) is 6.79. The zero-order valence-corrected chi connectivity index (χ0v) is 11.8. The summed E-state index contributed by atoms with van der Waals surface area (Å²) in [5.74, 6) is 0.937. The molecule has 1 atom stereocenters. The molecule has 20 heavy (non-hydrogen) atoms. The number of pyridine rings is 1. The molecule has 1 unspecified atom stereocenters. The lowest BCUT2D eigenvalue weighted by atomic mass is 10.2. The van der Waals surface area contributed by atoms with Crippen LogP contribution in [0, 0.1) is 0 Å². The largest absolute Gasteiger partial charge is 0.347 e. The molecule has 6 nitrogen and oxygen atoms in total. The third-order valence-corrected chi connectivity index (χ3v) is 3.19.